The molecule has 0 atom stereocenters. The van der Waals surface area contributed by atoms with Crippen molar-refractivity contribution in [2.75, 3.05) is 71.5 Å². The van der Waals surface area contributed by atoms with Crippen molar-refractivity contribution in [3.05, 3.63) is 71.7 Å². The molecule has 1 spiro atoms. The number of rotatable bonds is 10. The van der Waals surface area contributed by atoms with Crippen LogP contribution in [0.4, 0.5) is 5.82 Å². The van der Waals surface area contributed by atoms with Crippen LogP contribution in [0.1, 0.15) is 56.2 Å². The van der Waals surface area contributed by atoms with Crippen molar-refractivity contribution in [1.29, 1.82) is 0 Å². The first-order valence-electron chi connectivity index (χ1n) is 18.4. The van der Waals surface area contributed by atoms with Gasteiger partial charge >= 0.3 is 0 Å². The highest BCUT2D eigenvalue weighted by molar-refractivity contribution is 5.87. The number of amides is 2. The van der Waals surface area contributed by atoms with E-state index in [1.54, 1.807) is 6.33 Å². The fourth-order valence-corrected chi connectivity index (χ4v) is 8.40. The second-order valence-electron chi connectivity index (χ2n) is 14.2. The minimum absolute atomic E-state index is 0.0498. The Hall–Kier alpha value is -4.71. The SMILES string of the molecule is CCOc1cccc(Cn2ncc3c(N4CCN(C(=O)[C@H]5CC[C@]6(CC5)c5ccc(OCC)cc5CCN6C(=O)CN(C)C)CC4)ncnc32)c1. The summed E-state index contributed by atoms with van der Waals surface area (Å²) < 4.78 is 13.4. The van der Waals surface area contributed by atoms with Gasteiger partial charge in [-0.3, -0.25) is 9.59 Å². The Balaban J connectivity index is 1.01. The third-order valence-electron chi connectivity index (χ3n) is 10.8. The van der Waals surface area contributed by atoms with E-state index >= 15 is 0 Å². The lowest BCUT2D eigenvalue weighted by molar-refractivity contribution is -0.144. The molecule has 2 aromatic heterocycles. The average molecular weight is 695 g/mol. The van der Waals surface area contributed by atoms with Crippen molar-refractivity contribution < 1.29 is 19.1 Å². The maximum Gasteiger partial charge on any atom is 0.237 e. The first-order valence-corrected chi connectivity index (χ1v) is 18.4. The summed E-state index contributed by atoms with van der Waals surface area (Å²) in [5.41, 5.74) is 3.96. The molecule has 1 saturated carbocycles. The van der Waals surface area contributed by atoms with Crippen LogP contribution in [0.5, 0.6) is 11.5 Å². The average Bonchev–Trinajstić information content (AvgIpc) is 3.54. The number of carbonyl (C=O) groups excluding carboxylic acids is 2. The van der Waals surface area contributed by atoms with Gasteiger partial charge in [0, 0.05) is 38.6 Å². The molecule has 2 aliphatic heterocycles. The molecule has 1 aliphatic carbocycles. The van der Waals surface area contributed by atoms with Crippen molar-refractivity contribution in [2.45, 2.75) is 58.0 Å². The second-order valence-corrected chi connectivity index (χ2v) is 14.2. The number of nitrogens with zero attached hydrogens (tertiary/aromatic N) is 8. The monoisotopic (exact) mass is 694 g/mol. The van der Waals surface area contributed by atoms with E-state index < -0.39 is 5.54 Å². The first-order chi connectivity index (χ1) is 24.8. The topological polar surface area (TPSA) is 109 Å². The molecule has 51 heavy (non-hydrogen) atoms. The van der Waals surface area contributed by atoms with Gasteiger partial charge < -0.3 is 29.1 Å². The van der Waals surface area contributed by atoms with Crippen molar-refractivity contribution in [2.24, 2.45) is 5.92 Å². The molecule has 2 aromatic carbocycles. The van der Waals surface area contributed by atoms with Crippen molar-refractivity contribution in [3.63, 3.8) is 0 Å². The third-order valence-corrected chi connectivity index (χ3v) is 10.8. The molecule has 0 N–H and O–H groups in total. The van der Waals surface area contributed by atoms with Crippen LogP contribution in [0.2, 0.25) is 0 Å². The number of hydrogen-bond donors (Lipinski definition) is 0. The lowest BCUT2D eigenvalue weighted by atomic mass is 9.68. The Bertz CT molecular complexity index is 1860. The number of ether oxygens (including phenoxy) is 2. The minimum atomic E-state index is -0.393. The van der Waals surface area contributed by atoms with Crippen LogP contribution in [0.25, 0.3) is 11.0 Å². The molecule has 7 rings (SSSR count). The van der Waals surface area contributed by atoms with E-state index in [9.17, 15) is 9.59 Å². The van der Waals surface area contributed by atoms with Crippen LogP contribution in [-0.2, 0) is 28.1 Å². The summed E-state index contributed by atoms with van der Waals surface area (Å²) in [6.45, 7) is 9.52. The molecule has 12 heteroatoms. The van der Waals surface area contributed by atoms with Crippen LogP contribution in [0.3, 0.4) is 0 Å². The maximum atomic E-state index is 14.0. The molecule has 4 aromatic rings. The van der Waals surface area contributed by atoms with Crippen LogP contribution >= 0.6 is 0 Å². The summed E-state index contributed by atoms with van der Waals surface area (Å²) in [6, 6.07) is 14.4. The molecule has 0 bridgehead atoms. The summed E-state index contributed by atoms with van der Waals surface area (Å²) in [5.74, 6) is 2.91. The maximum absolute atomic E-state index is 14.0. The molecule has 2 amide bonds. The summed E-state index contributed by atoms with van der Waals surface area (Å²) in [4.78, 5) is 45.2. The van der Waals surface area contributed by atoms with Gasteiger partial charge in [-0.1, -0.05) is 18.2 Å². The molecule has 4 heterocycles. The van der Waals surface area contributed by atoms with E-state index in [1.807, 2.05) is 72.9 Å². The van der Waals surface area contributed by atoms with Gasteiger partial charge in [-0.05, 0) is 101 Å². The molecular weight excluding hydrogens is 644 g/mol. The van der Waals surface area contributed by atoms with Crippen LogP contribution in [0, 0.1) is 5.92 Å². The predicted molar refractivity (Wildman–Crippen MR) is 196 cm³/mol. The van der Waals surface area contributed by atoms with E-state index in [1.165, 1.54) is 11.1 Å². The van der Waals surface area contributed by atoms with Crippen LogP contribution in [0.15, 0.2) is 55.0 Å². The zero-order valence-corrected chi connectivity index (χ0v) is 30.4. The summed E-state index contributed by atoms with van der Waals surface area (Å²) in [5, 5.41) is 5.58. The van der Waals surface area contributed by atoms with Gasteiger partial charge in [0.05, 0.1) is 43.4 Å². The molecule has 2 fully saturated rings. The zero-order chi connectivity index (χ0) is 35.5. The number of carbonyl (C=O) groups is 2. The lowest BCUT2D eigenvalue weighted by Gasteiger charge is -2.52. The summed E-state index contributed by atoms with van der Waals surface area (Å²) >= 11 is 0. The third kappa shape index (κ3) is 6.98. The summed E-state index contributed by atoms with van der Waals surface area (Å²) in [7, 11) is 3.88. The number of benzene rings is 2. The normalized spacial score (nSPS) is 20.6. The van der Waals surface area contributed by atoms with E-state index in [0.717, 1.165) is 66.0 Å². The zero-order valence-electron chi connectivity index (χ0n) is 30.4. The molecular formula is C39H50N8O4. The highest BCUT2D eigenvalue weighted by Gasteiger charge is 2.48. The minimum Gasteiger partial charge on any atom is -0.494 e. The van der Waals surface area contributed by atoms with Crippen LogP contribution < -0.4 is 14.4 Å². The van der Waals surface area contributed by atoms with Gasteiger partial charge in [-0.2, -0.15) is 5.10 Å². The Morgan fingerprint density at radius 2 is 1.67 bits per heavy atom. The van der Waals surface area contributed by atoms with Gasteiger partial charge in [0.15, 0.2) is 5.65 Å². The van der Waals surface area contributed by atoms with Gasteiger partial charge in [-0.15, -0.1) is 0 Å². The molecule has 0 unspecified atom stereocenters. The molecule has 0 radical (unpaired) electrons. The van der Waals surface area contributed by atoms with Gasteiger partial charge in [0.25, 0.3) is 0 Å². The summed E-state index contributed by atoms with van der Waals surface area (Å²) in [6.07, 6.45) is 7.35. The molecule has 12 nitrogen and oxygen atoms in total. The van der Waals surface area contributed by atoms with Crippen molar-refractivity contribution >= 4 is 28.7 Å². The first kappa shape index (κ1) is 34.7. The molecule has 270 valence electrons. The number of hydrogen-bond acceptors (Lipinski definition) is 9. The number of piperazine rings is 1. The number of anilines is 1. The number of likely N-dealkylation sites (N-methyl/N-ethyl adjacent to an activating group) is 1. The highest BCUT2D eigenvalue weighted by Crippen LogP contribution is 2.48. The van der Waals surface area contributed by atoms with Gasteiger partial charge in [0.2, 0.25) is 11.8 Å². The Morgan fingerprint density at radius 3 is 2.39 bits per heavy atom. The second kappa shape index (κ2) is 14.9. The van der Waals surface area contributed by atoms with E-state index in [0.29, 0.717) is 59.0 Å². The van der Waals surface area contributed by atoms with E-state index in [2.05, 4.69) is 43.1 Å². The van der Waals surface area contributed by atoms with E-state index in [4.69, 9.17) is 9.47 Å². The lowest BCUT2D eigenvalue weighted by Crippen LogP contribution is -2.57. The largest absolute Gasteiger partial charge is 0.494 e. The highest BCUT2D eigenvalue weighted by atomic mass is 16.5. The standard InChI is InChI=1S/C39H50N8O4/c1-5-50-31-9-7-8-28(22-31)25-47-37-33(24-42-47)36(40-27-41-37)44-18-20-45(21-19-44)38(49)29-12-15-39(16-13-29)34-11-10-32(51-6-2)23-30(34)14-17-46(39)35(48)26-43(3)4/h7-11,22-24,27,29H,5-6,12-21,25-26H2,1-4H3/t29-,39-. The smallest absolute Gasteiger partial charge is 0.237 e. The fourth-order valence-electron chi connectivity index (χ4n) is 8.40. The van der Waals surface area contributed by atoms with Crippen molar-refractivity contribution in [3.8, 4) is 11.5 Å². The van der Waals surface area contributed by atoms with Crippen molar-refractivity contribution in [1.82, 2.24) is 34.4 Å². The predicted octanol–water partition coefficient (Wildman–Crippen LogP) is 4.35. The molecule has 1 saturated heterocycles. The van der Waals surface area contributed by atoms with E-state index in [-0.39, 0.29) is 17.7 Å². The number of fused-ring (bicyclic) bond motifs is 3. The Kier molecular flexibility index (Phi) is 10.1. The Labute approximate surface area is 300 Å². The molecule has 3 aliphatic rings. The number of aromatic nitrogens is 4. The quantitative estimate of drug-likeness (QED) is 0.239. The fraction of sp³-hybridized carbons (Fsp3) is 0.513. The van der Waals surface area contributed by atoms with Gasteiger partial charge in [-0.25, -0.2) is 14.6 Å². The van der Waals surface area contributed by atoms with Gasteiger partial charge in [0.1, 0.15) is 23.6 Å². The Morgan fingerprint density at radius 1 is 0.922 bits per heavy atom. The van der Waals surface area contributed by atoms with Crippen LogP contribution in [-0.4, -0.2) is 113 Å².